The predicted octanol–water partition coefficient (Wildman–Crippen LogP) is 1.72. The predicted molar refractivity (Wildman–Crippen MR) is 54.5 cm³/mol. The van der Waals surface area contributed by atoms with Gasteiger partial charge in [-0.05, 0) is 24.3 Å². The van der Waals surface area contributed by atoms with Crippen molar-refractivity contribution in [2.75, 3.05) is 11.9 Å². The van der Waals surface area contributed by atoms with Crippen molar-refractivity contribution in [3.8, 4) is 0 Å². The van der Waals surface area contributed by atoms with E-state index in [-0.39, 0.29) is 0 Å². The lowest BCUT2D eigenvalue weighted by molar-refractivity contribution is 0.112. The lowest BCUT2D eigenvalue weighted by Gasteiger charge is -2.15. The Bertz CT molecular complexity index is 356. The number of carbonyl (C=O) groups excluding carboxylic acids is 1. The summed E-state index contributed by atoms with van der Waals surface area (Å²) in [6, 6.07) is 7.35. The minimum absolute atomic E-state index is 0.685. The second kappa shape index (κ2) is 3.54. The lowest BCUT2D eigenvalue weighted by Crippen LogP contribution is -2.14. The van der Waals surface area contributed by atoms with Gasteiger partial charge in [-0.2, -0.15) is 0 Å². The van der Waals surface area contributed by atoms with Gasteiger partial charge in [-0.3, -0.25) is 4.79 Å². The second-order valence-corrected chi connectivity index (χ2v) is 3.09. The summed E-state index contributed by atoms with van der Waals surface area (Å²) in [7, 11) is 1.91. The molecule has 3 nitrogen and oxygen atoms in total. The van der Waals surface area contributed by atoms with E-state index >= 15 is 0 Å². The van der Waals surface area contributed by atoms with Crippen molar-refractivity contribution >= 4 is 12.0 Å². The maximum absolute atomic E-state index is 10.4. The zero-order chi connectivity index (χ0) is 9.97. The first-order chi connectivity index (χ1) is 6.79. The first kappa shape index (κ1) is 8.81. The molecule has 1 aliphatic rings. The van der Waals surface area contributed by atoms with E-state index in [1.54, 1.807) is 12.1 Å². The molecule has 0 atom stereocenters. The molecule has 0 saturated heterocycles. The van der Waals surface area contributed by atoms with Gasteiger partial charge in [0.25, 0.3) is 0 Å². The Morgan fingerprint density at radius 3 is 2.43 bits per heavy atom. The Labute approximate surface area is 83.2 Å². The van der Waals surface area contributed by atoms with E-state index in [1.807, 2.05) is 41.4 Å². The van der Waals surface area contributed by atoms with Crippen molar-refractivity contribution in [1.82, 2.24) is 4.90 Å². The molecule has 0 bridgehead atoms. The third kappa shape index (κ3) is 1.62. The molecule has 0 spiro atoms. The van der Waals surface area contributed by atoms with Gasteiger partial charge in [0, 0.05) is 30.7 Å². The zero-order valence-corrected chi connectivity index (χ0v) is 7.84. The highest BCUT2D eigenvalue weighted by molar-refractivity contribution is 5.76. The fourth-order valence-electron chi connectivity index (χ4n) is 1.26. The van der Waals surface area contributed by atoms with E-state index in [1.165, 1.54) is 0 Å². The minimum Gasteiger partial charge on any atom is -0.349 e. The van der Waals surface area contributed by atoms with Gasteiger partial charge in [0.15, 0.2) is 0 Å². The molecular formula is C11H10N2O. The minimum atomic E-state index is 0.685. The Balaban J connectivity index is 2.17. The Morgan fingerprint density at radius 1 is 1.21 bits per heavy atom. The van der Waals surface area contributed by atoms with E-state index in [9.17, 15) is 4.79 Å². The van der Waals surface area contributed by atoms with Crippen molar-refractivity contribution in [1.29, 1.82) is 0 Å². The quantitative estimate of drug-likeness (QED) is 0.657. The maximum atomic E-state index is 10.4. The number of benzene rings is 1. The number of hydrogen-bond acceptors (Lipinski definition) is 3. The molecule has 0 unspecified atom stereocenters. The summed E-state index contributed by atoms with van der Waals surface area (Å²) >= 11 is 0. The molecule has 1 aliphatic heterocycles. The Hall–Kier alpha value is -1.77. The zero-order valence-electron chi connectivity index (χ0n) is 7.84. The van der Waals surface area contributed by atoms with Gasteiger partial charge in [0.1, 0.15) is 6.29 Å². The molecule has 1 heterocycles. The topological polar surface area (TPSA) is 23.6 Å². The monoisotopic (exact) mass is 186 g/mol. The van der Waals surface area contributed by atoms with Gasteiger partial charge < -0.3 is 9.80 Å². The molecule has 0 N–H and O–H groups in total. The van der Waals surface area contributed by atoms with Gasteiger partial charge in [-0.1, -0.05) is 0 Å². The number of anilines is 1. The van der Waals surface area contributed by atoms with E-state index < -0.39 is 0 Å². The van der Waals surface area contributed by atoms with Crippen LogP contribution in [0.2, 0.25) is 0 Å². The van der Waals surface area contributed by atoms with Crippen LogP contribution in [0.3, 0.4) is 0 Å². The van der Waals surface area contributed by atoms with Gasteiger partial charge >= 0.3 is 0 Å². The molecular weight excluding hydrogens is 176 g/mol. The maximum Gasteiger partial charge on any atom is 0.212 e. The molecule has 70 valence electrons. The van der Waals surface area contributed by atoms with Crippen LogP contribution >= 0.6 is 0 Å². The summed E-state index contributed by atoms with van der Waals surface area (Å²) in [5, 5.41) is 0. The largest absolute Gasteiger partial charge is 0.349 e. The van der Waals surface area contributed by atoms with Gasteiger partial charge in [0.2, 0.25) is 6.67 Å². The molecule has 0 fully saturated rings. The molecule has 14 heavy (non-hydrogen) atoms. The van der Waals surface area contributed by atoms with Gasteiger partial charge in [-0.15, -0.1) is 0 Å². The highest BCUT2D eigenvalue weighted by Crippen LogP contribution is 2.20. The summed E-state index contributed by atoms with van der Waals surface area (Å²) in [5.74, 6) is 0. The first-order valence-corrected chi connectivity index (χ1v) is 4.31. The van der Waals surface area contributed by atoms with Crippen molar-refractivity contribution < 1.29 is 4.79 Å². The average molecular weight is 186 g/mol. The van der Waals surface area contributed by atoms with Crippen LogP contribution in [0.5, 0.6) is 0 Å². The van der Waals surface area contributed by atoms with Crippen LogP contribution in [0.4, 0.5) is 5.69 Å². The number of aldehydes is 1. The SMILES string of the molecule is CN1[C]N(c2ccc(C=O)cc2)C=C1. The summed E-state index contributed by atoms with van der Waals surface area (Å²) in [5.41, 5.74) is 1.68. The normalized spacial score (nSPS) is 14.9. The standard InChI is InChI=1S/C11H10N2O/c1-12-6-7-13(9-12)11-4-2-10(8-14)3-5-11/h2-8H,1H3. The molecule has 0 amide bonds. The molecule has 2 rings (SSSR count). The molecule has 0 aliphatic carbocycles. The summed E-state index contributed by atoms with van der Waals surface area (Å²) < 4.78 is 0. The average Bonchev–Trinajstić information content (AvgIpc) is 2.65. The molecule has 0 aromatic heterocycles. The number of carbonyl (C=O) groups is 1. The molecule has 1 aromatic carbocycles. The first-order valence-electron chi connectivity index (χ1n) is 4.31. The number of rotatable bonds is 2. The third-order valence-corrected chi connectivity index (χ3v) is 2.01. The Morgan fingerprint density at radius 2 is 1.93 bits per heavy atom. The fourth-order valence-corrected chi connectivity index (χ4v) is 1.26. The van der Waals surface area contributed by atoms with Crippen LogP contribution in [0, 0.1) is 6.67 Å². The van der Waals surface area contributed by atoms with Crippen LogP contribution in [0.25, 0.3) is 0 Å². The van der Waals surface area contributed by atoms with Crippen molar-refractivity contribution in [3.05, 3.63) is 48.9 Å². The van der Waals surface area contributed by atoms with E-state index in [4.69, 9.17) is 0 Å². The van der Waals surface area contributed by atoms with E-state index in [0.717, 1.165) is 12.0 Å². The van der Waals surface area contributed by atoms with Crippen molar-refractivity contribution in [3.63, 3.8) is 0 Å². The lowest BCUT2D eigenvalue weighted by atomic mass is 10.2. The summed E-state index contributed by atoms with van der Waals surface area (Å²) in [6.07, 6.45) is 4.66. The van der Waals surface area contributed by atoms with Gasteiger partial charge in [-0.25, -0.2) is 0 Å². The smallest absolute Gasteiger partial charge is 0.212 e. The van der Waals surface area contributed by atoms with Crippen LogP contribution in [-0.2, 0) is 0 Å². The molecule has 3 heteroatoms. The fraction of sp³-hybridized carbons (Fsp3) is 0.0909. The second-order valence-electron chi connectivity index (χ2n) is 3.09. The third-order valence-electron chi connectivity index (χ3n) is 2.01. The summed E-state index contributed by atoms with van der Waals surface area (Å²) in [6.45, 7) is 3.07. The van der Waals surface area contributed by atoms with Crippen LogP contribution in [0.15, 0.2) is 36.7 Å². The van der Waals surface area contributed by atoms with E-state index in [2.05, 4.69) is 6.67 Å². The van der Waals surface area contributed by atoms with Crippen LogP contribution in [0.1, 0.15) is 10.4 Å². The summed E-state index contributed by atoms with van der Waals surface area (Å²) in [4.78, 5) is 14.2. The molecule has 2 radical (unpaired) electrons. The van der Waals surface area contributed by atoms with Crippen molar-refractivity contribution in [2.24, 2.45) is 0 Å². The van der Waals surface area contributed by atoms with Crippen LogP contribution in [-0.4, -0.2) is 18.2 Å². The molecule has 1 aromatic rings. The van der Waals surface area contributed by atoms with Gasteiger partial charge in [0.05, 0.1) is 0 Å². The van der Waals surface area contributed by atoms with E-state index in [0.29, 0.717) is 5.56 Å². The molecule has 0 saturated carbocycles. The number of hydrogen-bond donors (Lipinski definition) is 0. The number of nitrogens with zero attached hydrogens (tertiary/aromatic N) is 2. The highest BCUT2D eigenvalue weighted by atomic mass is 16.1. The van der Waals surface area contributed by atoms with Crippen molar-refractivity contribution in [2.45, 2.75) is 0 Å². The Kier molecular flexibility index (Phi) is 2.23. The highest BCUT2D eigenvalue weighted by Gasteiger charge is 2.12. The van der Waals surface area contributed by atoms with Crippen LogP contribution < -0.4 is 4.90 Å².